The van der Waals surface area contributed by atoms with Gasteiger partial charge in [0.05, 0.1) is 22.6 Å². The molecule has 0 spiro atoms. The maximum atomic E-state index is 11.3. The van der Waals surface area contributed by atoms with E-state index in [1.54, 1.807) is 0 Å². The van der Waals surface area contributed by atoms with Crippen LogP contribution in [0.25, 0.3) is 0 Å². The Balaban J connectivity index is 2.26. The van der Waals surface area contributed by atoms with Crippen LogP contribution in [0, 0.1) is 10.1 Å². The van der Waals surface area contributed by atoms with Crippen molar-refractivity contribution < 1.29 is 19.9 Å². The first-order chi connectivity index (χ1) is 9.99. The Kier molecular flexibility index (Phi) is 4.74. The fourth-order valence-electron chi connectivity index (χ4n) is 2.60. The van der Waals surface area contributed by atoms with Crippen LogP contribution in [0.15, 0.2) is 18.2 Å². The summed E-state index contributed by atoms with van der Waals surface area (Å²) in [4.78, 5) is 21.4. The summed E-state index contributed by atoms with van der Waals surface area (Å²) in [5.74, 6) is -1.23. The second-order valence-corrected chi connectivity index (χ2v) is 5.25. The Morgan fingerprint density at radius 2 is 2.00 bits per heavy atom. The molecule has 0 aliphatic heterocycles. The van der Waals surface area contributed by atoms with Crippen molar-refractivity contribution >= 4 is 17.3 Å². The molecule has 114 valence electrons. The van der Waals surface area contributed by atoms with Crippen molar-refractivity contribution in [2.24, 2.45) is 0 Å². The summed E-state index contributed by atoms with van der Waals surface area (Å²) in [7, 11) is 0. The van der Waals surface area contributed by atoms with E-state index in [0.29, 0.717) is 12.1 Å². The number of aromatic carboxylic acids is 1. The molecule has 2 atom stereocenters. The Morgan fingerprint density at radius 3 is 2.67 bits per heavy atom. The number of nitrogens with zero attached hydrogens (tertiary/aromatic N) is 1. The van der Waals surface area contributed by atoms with Crippen molar-refractivity contribution in [1.82, 2.24) is 0 Å². The third-order valence-corrected chi connectivity index (χ3v) is 3.76. The number of carbonyl (C=O) groups is 1. The zero-order chi connectivity index (χ0) is 15.4. The van der Waals surface area contributed by atoms with Crippen molar-refractivity contribution in [3.63, 3.8) is 0 Å². The first-order valence-electron chi connectivity index (χ1n) is 6.95. The normalized spacial score (nSPS) is 22.3. The SMILES string of the molecule is O=C(O)c1cc([N+](=O)[O-])ccc1NC1CCCCCC1O. The predicted octanol–water partition coefficient (Wildman–Crippen LogP) is 2.40. The highest BCUT2D eigenvalue weighted by Gasteiger charge is 2.24. The van der Waals surface area contributed by atoms with Crippen LogP contribution >= 0.6 is 0 Å². The lowest BCUT2D eigenvalue weighted by atomic mass is 10.0. The summed E-state index contributed by atoms with van der Waals surface area (Å²) in [6, 6.07) is 3.46. The van der Waals surface area contributed by atoms with Crippen molar-refractivity contribution in [1.29, 1.82) is 0 Å². The standard InChI is InChI=1S/C14H18N2O5/c17-13-5-3-1-2-4-12(13)15-11-7-6-9(16(20)21)8-10(11)14(18)19/h6-8,12-13,15,17H,1-5H2,(H,18,19). The second-order valence-electron chi connectivity index (χ2n) is 5.25. The van der Waals surface area contributed by atoms with Gasteiger partial charge < -0.3 is 15.5 Å². The van der Waals surface area contributed by atoms with E-state index in [-0.39, 0.29) is 17.3 Å². The Morgan fingerprint density at radius 1 is 1.29 bits per heavy atom. The fourth-order valence-corrected chi connectivity index (χ4v) is 2.60. The molecule has 1 aromatic carbocycles. The molecule has 2 rings (SSSR count). The monoisotopic (exact) mass is 294 g/mol. The van der Waals surface area contributed by atoms with Crippen LogP contribution in [0.5, 0.6) is 0 Å². The van der Waals surface area contributed by atoms with Crippen LogP contribution in [0.3, 0.4) is 0 Å². The third-order valence-electron chi connectivity index (χ3n) is 3.76. The zero-order valence-corrected chi connectivity index (χ0v) is 11.5. The molecule has 7 nitrogen and oxygen atoms in total. The number of hydrogen-bond acceptors (Lipinski definition) is 5. The minimum absolute atomic E-state index is 0.152. The maximum absolute atomic E-state index is 11.3. The molecule has 1 saturated carbocycles. The molecule has 0 heterocycles. The van der Waals surface area contributed by atoms with E-state index in [9.17, 15) is 25.1 Å². The molecule has 21 heavy (non-hydrogen) atoms. The van der Waals surface area contributed by atoms with Gasteiger partial charge in [0.25, 0.3) is 5.69 Å². The summed E-state index contributed by atoms with van der Waals surface area (Å²) < 4.78 is 0. The minimum atomic E-state index is -1.23. The van der Waals surface area contributed by atoms with Crippen molar-refractivity contribution in [2.45, 2.75) is 44.2 Å². The van der Waals surface area contributed by atoms with E-state index in [2.05, 4.69) is 5.32 Å². The quantitative estimate of drug-likeness (QED) is 0.446. The van der Waals surface area contributed by atoms with Crippen LogP contribution in [0.1, 0.15) is 42.5 Å². The largest absolute Gasteiger partial charge is 0.478 e. The number of hydrogen-bond donors (Lipinski definition) is 3. The summed E-state index contributed by atoms with van der Waals surface area (Å²) in [6.45, 7) is 0. The number of nitro benzene ring substituents is 1. The zero-order valence-electron chi connectivity index (χ0n) is 11.5. The van der Waals surface area contributed by atoms with Crippen LogP contribution in [0.4, 0.5) is 11.4 Å². The predicted molar refractivity (Wildman–Crippen MR) is 76.6 cm³/mol. The first kappa shape index (κ1) is 15.2. The molecular formula is C14H18N2O5. The lowest BCUT2D eigenvalue weighted by molar-refractivity contribution is -0.384. The summed E-state index contributed by atoms with van der Waals surface area (Å²) in [6.07, 6.45) is 3.84. The number of carboxylic acid groups (broad SMARTS) is 1. The van der Waals surface area contributed by atoms with Crippen LogP contribution < -0.4 is 5.32 Å². The average Bonchev–Trinajstić information content (AvgIpc) is 2.64. The molecule has 1 aromatic rings. The Bertz CT molecular complexity index is 546. The molecule has 0 saturated heterocycles. The van der Waals surface area contributed by atoms with Gasteiger partial charge in [0.2, 0.25) is 0 Å². The number of aliphatic hydroxyl groups is 1. The van der Waals surface area contributed by atoms with Crippen LogP contribution in [0.2, 0.25) is 0 Å². The molecular weight excluding hydrogens is 276 g/mol. The van der Waals surface area contributed by atoms with E-state index >= 15 is 0 Å². The fraction of sp³-hybridized carbons (Fsp3) is 0.500. The van der Waals surface area contributed by atoms with Crippen molar-refractivity contribution in [3.05, 3.63) is 33.9 Å². The molecule has 0 radical (unpaired) electrons. The van der Waals surface area contributed by atoms with Gasteiger partial charge in [-0.2, -0.15) is 0 Å². The molecule has 7 heteroatoms. The van der Waals surface area contributed by atoms with E-state index in [0.717, 1.165) is 31.7 Å². The summed E-state index contributed by atoms with van der Waals surface area (Å²) >= 11 is 0. The van der Waals surface area contributed by atoms with Gasteiger partial charge >= 0.3 is 5.97 Å². The molecule has 1 aliphatic carbocycles. The number of aliphatic hydroxyl groups excluding tert-OH is 1. The highest BCUT2D eigenvalue weighted by Crippen LogP contribution is 2.26. The number of non-ortho nitro benzene ring substituents is 1. The number of rotatable bonds is 4. The van der Waals surface area contributed by atoms with E-state index in [1.165, 1.54) is 12.1 Å². The smallest absolute Gasteiger partial charge is 0.338 e. The van der Waals surface area contributed by atoms with Crippen LogP contribution in [-0.4, -0.2) is 33.3 Å². The molecule has 1 aliphatic rings. The van der Waals surface area contributed by atoms with Gasteiger partial charge in [-0.05, 0) is 18.9 Å². The van der Waals surface area contributed by atoms with E-state index < -0.39 is 17.0 Å². The lowest BCUT2D eigenvalue weighted by Gasteiger charge is -2.23. The van der Waals surface area contributed by atoms with Gasteiger partial charge in [0, 0.05) is 17.8 Å². The molecule has 0 aromatic heterocycles. The summed E-state index contributed by atoms with van der Waals surface area (Å²) in [5, 5.41) is 33.0. The molecule has 3 N–H and O–H groups in total. The third kappa shape index (κ3) is 3.69. The number of nitro groups is 1. The molecule has 1 fully saturated rings. The topological polar surface area (TPSA) is 113 Å². The maximum Gasteiger partial charge on any atom is 0.338 e. The second kappa shape index (κ2) is 6.53. The van der Waals surface area contributed by atoms with Crippen molar-refractivity contribution in [3.8, 4) is 0 Å². The van der Waals surface area contributed by atoms with Crippen molar-refractivity contribution in [2.75, 3.05) is 5.32 Å². The molecule has 0 bridgehead atoms. The molecule has 2 unspecified atom stereocenters. The first-order valence-corrected chi connectivity index (χ1v) is 6.95. The average molecular weight is 294 g/mol. The highest BCUT2D eigenvalue weighted by molar-refractivity contribution is 5.95. The van der Waals surface area contributed by atoms with Gasteiger partial charge in [-0.25, -0.2) is 4.79 Å². The van der Waals surface area contributed by atoms with Gasteiger partial charge in [0.15, 0.2) is 0 Å². The summed E-state index contributed by atoms with van der Waals surface area (Å²) in [5.41, 5.74) is -0.112. The van der Waals surface area contributed by atoms with Crippen LogP contribution in [-0.2, 0) is 0 Å². The number of carboxylic acids is 1. The Labute approximate surface area is 121 Å². The van der Waals surface area contributed by atoms with Gasteiger partial charge in [-0.15, -0.1) is 0 Å². The lowest BCUT2D eigenvalue weighted by Crippen LogP contribution is -2.33. The van der Waals surface area contributed by atoms with E-state index in [1.807, 2.05) is 0 Å². The minimum Gasteiger partial charge on any atom is -0.478 e. The van der Waals surface area contributed by atoms with E-state index in [4.69, 9.17) is 0 Å². The molecule has 0 amide bonds. The Hall–Kier alpha value is -2.15. The van der Waals surface area contributed by atoms with Gasteiger partial charge in [0.1, 0.15) is 0 Å². The number of anilines is 1. The van der Waals surface area contributed by atoms with Gasteiger partial charge in [-0.3, -0.25) is 10.1 Å². The highest BCUT2D eigenvalue weighted by atomic mass is 16.6. The van der Waals surface area contributed by atoms with Gasteiger partial charge in [-0.1, -0.05) is 19.3 Å². The number of nitrogens with one attached hydrogen (secondary N) is 1. The number of benzene rings is 1.